The Balaban J connectivity index is 1.59. The van der Waals surface area contributed by atoms with Crippen LogP contribution in [0.5, 0.6) is 0 Å². The maximum atomic E-state index is 6.22. The minimum Gasteiger partial charge on any atom is -0.348 e. The predicted octanol–water partition coefficient (Wildman–Crippen LogP) is 4.93. The summed E-state index contributed by atoms with van der Waals surface area (Å²) in [5.41, 5.74) is 8.37. The molecule has 2 aromatic carbocycles. The van der Waals surface area contributed by atoms with E-state index in [0.717, 1.165) is 52.7 Å². The largest absolute Gasteiger partial charge is 0.348 e. The van der Waals surface area contributed by atoms with Gasteiger partial charge in [0.25, 0.3) is 0 Å². The molecule has 1 aromatic heterocycles. The molecule has 0 spiro atoms. The van der Waals surface area contributed by atoms with Gasteiger partial charge in [-0.25, -0.2) is 4.98 Å². The van der Waals surface area contributed by atoms with Crippen molar-refractivity contribution in [2.45, 2.75) is 25.3 Å². The summed E-state index contributed by atoms with van der Waals surface area (Å²) >= 11 is 7.77. The number of piperidine rings is 1. The fraction of sp³-hybridized carbons (Fsp3) is 0.316. The summed E-state index contributed by atoms with van der Waals surface area (Å²) in [5, 5.41) is 6.34. The summed E-state index contributed by atoms with van der Waals surface area (Å²) < 4.78 is 0. The maximum Gasteiger partial charge on any atom is 0.185 e. The number of fused-ring (bicyclic) bond motifs is 1. The third kappa shape index (κ3) is 3.14. The highest BCUT2D eigenvalue weighted by Gasteiger charge is 2.27. The Kier molecular flexibility index (Phi) is 3.99. The van der Waals surface area contributed by atoms with Crippen LogP contribution in [0.1, 0.15) is 19.8 Å². The van der Waals surface area contributed by atoms with Crippen molar-refractivity contribution < 1.29 is 0 Å². The van der Waals surface area contributed by atoms with Gasteiger partial charge in [0.1, 0.15) is 0 Å². The molecule has 0 amide bonds. The number of nitrogens with two attached hydrogens (primary N) is 1. The molecule has 0 radical (unpaired) electrons. The zero-order chi connectivity index (χ0) is 16.7. The highest BCUT2D eigenvalue weighted by atomic mass is 35.5. The number of hydrogen-bond acceptors (Lipinski definition) is 4. The van der Waals surface area contributed by atoms with E-state index in [4.69, 9.17) is 22.3 Å². The number of anilines is 1. The predicted molar refractivity (Wildman–Crippen MR) is 104 cm³/mol. The lowest BCUT2D eigenvalue weighted by Gasteiger charge is -2.36. The summed E-state index contributed by atoms with van der Waals surface area (Å²) in [6, 6.07) is 12.4. The maximum absolute atomic E-state index is 6.22. The first kappa shape index (κ1) is 15.9. The first-order valence-corrected chi connectivity index (χ1v) is 9.45. The molecule has 1 fully saturated rings. The number of halogens is 1. The molecule has 24 heavy (non-hydrogen) atoms. The summed E-state index contributed by atoms with van der Waals surface area (Å²) in [6.45, 7) is 4.10. The van der Waals surface area contributed by atoms with E-state index in [0.29, 0.717) is 0 Å². The molecule has 0 unspecified atom stereocenters. The second-order valence-electron chi connectivity index (χ2n) is 6.86. The van der Waals surface area contributed by atoms with Gasteiger partial charge in [-0.2, -0.15) is 0 Å². The van der Waals surface area contributed by atoms with Crippen molar-refractivity contribution >= 4 is 38.8 Å². The van der Waals surface area contributed by atoms with E-state index in [-0.39, 0.29) is 5.54 Å². The Labute approximate surface area is 151 Å². The standard InChI is InChI=1S/C19H20ClN3S/c1-19(21)6-8-23(9-7-19)18-22-17(12-24-18)15-3-2-14-11-16(20)5-4-13(14)10-15/h2-5,10-12H,6-9,21H2,1H3. The number of aromatic nitrogens is 1. The van der Waals surface area contributed by atoms with E-state index < -0.39 is 0 Å². The third-order valence-corrected chi connectivity index (χ3v) is 5.90. The number of hydrogen-bond donors (Lipinski definition) is 1. The Morgan fingerprint density at radius 3 is 2.62 bits per heavy atom. The van der Waals surface area contributed by atoms with Gasteiger partial charge < -0.3 is 10.6 Å². The lowest BCUT2D eigenvalue weighted by atomic mass is 9.91. The summed E-state index contributed by atoms with van der Waals surface area (Å²) in [4.78, 5) is 7.20. The molecule has 124 valence electrons. The zero-order valence-corrected chi connectivity index (χ0v) is 15.2. The molecule has 0 aliphatic carbocycles. The van der Waals surface area contributed by atoms with Crippen molar-refractivity contribution in [2.24, 2.45) is 5.73 Å². The van der Waals surface area contributed by atoms with Crippen molar-refractivity contribution in [3.8, 4) is 11.3 Å². The lowest BCUT2D eigenvalue weighted by Crippen LogP contribution is -2.48. The smallest absolute Gasteiger partial charge is 0.185 e. The fourth-order valence-electron chi connectivity index (χ4n) is 3.13. The topological polar surface area (TPSA) is 42.1 Å². The Morgan fingerprint density at radius 2 is 1.83 bits per heavy atom. The molecule has 3 nitrogen and oxygen atoms in total. The monoisotopic (exact) mass is 357 g/mol. The summed E-state index contributed by atoms with van der Waals surface area (Å²) in [6.07, 6.45) is 2.03. The van der Waals surface area contributed by atoms with E-state index in [9.17, 15) is 0 Å². The molecule has 0 saturated carbocycles. The normalized spacial score (nSPS) is 17.4. The number of benzene rings is 2. The first-order chi connectivity index (χ1) is 11.5. The molecule has 2 N–H and O–H groups in total. The molecule has 4 rings (SSSR count). The van der Waals surface area contributed by atoms with Crippen LogP contribution in [0.4, 0.5) is 5.13 Å². The second kappa shape index (κ2) is 6.03. The van der Waals surface area contributed by atoms with Gasteiger partial charge in [0.15, 0.2) is 5.13 Å². The van der Waals surface area contributed by atoms with Crippen molar-refractivity contribution in [3.63, 3.8) is 0 Å². The molecular weight excluding hydrogens is 338 g/mol. The van der Waals surface area contributed by atoms with E-state index in [1.54, 1.807) is 11.3 Å². The van der Waals surface area contributed by atoms with Crippen molar-refractivity contribution in [3.05, 3.63) is 46.8 Å². The number of nitrogens with zero attached hydrogens (tertiary/aromatic N) is 2. The van der Waals surface area contributed by atoms with Crippen LogP contribution in [-0.4, -0.2) is 23.6 Å². The molecule has 5 heteroatoms. The minimum atomic E-state index is -0.0315. The Bertz CT molecular complexity index is 877. The Hall–Kier alpha value is -1.62. The van der Waals surface area contributed by atoms with Gasteiger partial charge in [-0.15, -0.1) is 11.3 Å². The molecule has 1 aliphatic rings. The molecule has 0 atom stereocenters. The molecular formula is C19H20ClN3S. The van der Waals surface area contributed by atoms with Gasteiger partial charge in [0.05, 0.1) is 5.69 Å². The minimum absolute atomic E-state index is 0.0315. The van der Waals surface area contributed by atoms with Crippen LogP contribution in [0, 0.1) is 0 Å². The highest BCUT2D eigenvalue weighted by Crippen LogP contribution is 2.32. The van der Waals surface area contributed by atoms with Gasteiger partial charge in [-0.05, 0) is 48.7 Å². The van der Waals surface area contributed by atoms with E-state index in [1.807, 2.05) is 12.1 Å². The van der Waals surface area contributed by atoms with Gasteiger partial charge >= 0.3 is 0 Å². The molecule has 0 bridgehead atoms. The summed E-state index contributed by atoms with van der Waals surface area (Å²) in [7, 11) is 0. The van der Waals surface area contributed by atoms with Crippen molar-refractivity contribution in [1.29, 1.82) is 0 Å². The Morgan fingerprint density at radius 1 is 1.12 bits per heavy atom. The van der Waals surface area contributed by atoms with Gasteiger partial charge in [0.2, 0.25) is 0 Å². The number of thiazole rings is 1. The van der Waals surface area contributed by atoms with Crippen LogP contribution >= 0.6 is 22.9 Å². The van der Waals surface area contributed by atoms with E-state index >= 15 is 0 Å². The van der Waals surface area contributed by atoms with E-state index in [1.165, 1.54) is 5.39 Å². The quantitative estimate of drug-likeness (QED) is 0.706. The van der Waals surface area contributed by atoms with Crippen LogP contribution in [-0.2, 0) is 0 Å². The van der Waals surface area contributed by atoms with Crippen molar-refractivity contribution in [1.82, 2.24) is 4.98 Å². The van der Waals surface area contributed by atoms with Crippen molar-refractivity contribution in [2.75, 3.05) is 18.0 Å². The molecule has 1 saturated heterocycles. The molecule has 1 aliphatic heterocycles. The first-order valence-electron chi connectivity index (χ1n) is 8.19. The molecule has 3 aromatic rings. The van der Waals surface area contributed by atoms with Crippen LogP contribution in [0.2, 0.25) is 5.02 Å². The van der Waals surface area contributed by atoms with E-state index in [2.05, 4.69) is 41.5 Å². The highest BCUT2D eigenvalue weighted by molar-refractivity contribution is 7.14. The number of rotatable bonds is 2. The van der Waals surface area contributed by atoms with Gasteiger partial charge in [-0.1, -0.05) is 29.8 Å². The summed E-state index contributed by atoms with van der Waals surface area (Å²) in [5.74, 6) is 0. The van der Waals surface area contributed by atoms with Gasteiger partial charge in [-0.3, -0.25) is 0 Å². The average Bonchev–Trinajstić information content (AvgIpc) is 3.04. The van der Waals surface area contributed by atoms with Crippen LogP contribution in [0.15, 0.2) is 41.8 Å². The van der Waals surface area contributed by atoms with Crippen LogP contribution in [0.3, 0.4) is 0 Å². The second-order valence-corrected chi connectivity index (χ2v) is 8.14. The van der Waals surface area contributed by atoms with Gasteiger partial charge in [0, 0.05) is 34.6 Å². The molecule has 2 heterocycles. The fourth-order valence-corrected chi connectivity index (χ4v) is 4.20. The van der Waals surface area contributed by atoms with Crippen LogP contribution in [0.25, 0.3) is 22.0 Å². The third-order valence-electron chi connectivity index (χ3n) is 4.77. The lowest BCUT2D eigenvalue weighted by molar-refractivity contribution is 0.364. The SMILES string of the molecule is CC1(N)CCN(c2nc(-c3ccc4cc(Cl)ccc4c3)cs2)CC1. The van der Waals surface area contributed by atoms with Crippen LogP contribution < -0.4 is 10.6 Å². The zero-order valence-electron chi connectivity index (χ0n) is 13.6. The average molecular weight is 358 g/mol.